The molecule has 0 saturated carbocycles. The Morgan fingerprint density at radius 3 is 2.48 bits per heavy atom. The van der Waals surface area contributed by atoms with Crippen molar-refractivity contribution in [3.05, 3.63) is 41.3 Å². The van der Waals surface area contributed by atoms with Crippen LogP contribution < -0.4 is 20.8 Å². The first-order valence-corrected chi connectivity index (χ1v) is 11.7. The average molecular weight is 473 g/mol. The van der Waals surface area contributed by atoms with Crippen molar-refractivity contribution in [2.45, 2.75) is 39.9 Å². The Kier molecular flexibility index (Phi) is 6.65. The zero-order valence-electron chi connectivity index (χ0n) is 19.4. The Morgan fingerprint density at radius 1 is 1.27 bits per heavy atom. The summed E-state index contributed by atoms with van der Waals surface area (Å²) in [6.07, 6.45) is -0.949. The number of phenolic OH excluding ortho intramolecular Hbond substituents is 1. The van der Waals surface area contributed by atoms with E-state index in [0.29, 0.717) is 5.76 Å². The molecular weight excluding hydrogens is 445 g/mol. The number of hydrogen-bond acceptors (Lipinski definition) is 7. The number of amides is 1. The van der Waals surface area contributed by atoms with E-state index in [0.717, 1.165) is 5.76 Å². The number of anilines is 1. The molecule has 0 bridgehead atoms. The Hall–Kier alpha value is -2.83. The lowest BCUT2D eigenvalue weighted by atomic mass is 9.85. The van der Waals surface area contributed by atoms with Gasteiger partial charge in [-0.2, -0.15) is 13.1 Å². The number of nitrogens with one attached hydrogen (secondary N) is 3. The Bertz CT molecular complexity index is 1200. The van der Waals surface area contributed by atoms with Crippen LogP contribution in [0.4, 0.5) is 5.69 Å². The molecule has 0 aliphatic carbocycles. The third kappa shape index (κ3) is 5.40. The molecule has 33 heavy (non-hydrogen) atoms. The zero-order chi connectivity index (χ0) is 24.7. The third-order valence-corrected chi connectivity index (χ3v) is 6.07. The van der Waals surface area contributed by atoms with Crippen molar-refractivity contribution in [3.8, 4) is 5.75 Å². The van der Waals surface area contributed by atoms with E-state index in [1.165, 1.54) is 31.1 Å². The summed E-state index contributed by atoms with van der Waals surface area (Å²) in [5.41, 5.74) is -0.271. The van der Waals surface area contributed by atoms with E-state index in [1.807, 2.05) is 39.8 Å². The van der Waals surface area contributed by atoms with Gasteiger partial charge in [0.15, 0.2) is 11.6 Å². The van der Waals surface area contributed by atoms with Crippen LogP contribution in [0.3, 0.4) is 0 Å². The maximum absolute atomic E-state index is 12.5. The molecule has 2 heterocycles. The van der Waals surface area contributed by atoms with Crippen LogP contribution in [0.25, 0.3) is 0 Å². The second kappa shape index (κ2) is 8.84. The van der Waals surface area contributed by atoms with Gasteiger partial charge in [0.2, 0.25) is 0 Å². The van der Waals surface area contributed by atoms with E-state index < -0.39 is 28.0 Å². The van der Waals surface area contributed by atoms with E-state index in [1.54, 1.807) is 0 Å². The Balaban J connectivity index is 1.95. The smallest absolute Gasteiger partial charge is 0.323 e. The van der Waals surface area contributed by atoms with Crippen molar-refractivity contribution in [3.63, 3.8) is 0 Å². The van der Waals surface area contributed by atoms with Gasteiger partial charge in [-0.1, -0.05) is 32.3 Å². The molecule has 0 spiro atoms. The molecule has 176 valence electrons. The van der Waals surface area contributed by atoms with Crippen LogP contribution >= 0.6 is 0 Å². The number of amidine groups is 1. The molecule has 1 aromatic heterocycles. The largest absolute Gasteiger partial charge is 0.505 e. The fourth-order valence-electron chi connectivity index (χ4n) is 3.45. The van der Waals surface area contributed by atoms with Crippen LogP contribution in [0.2, 0.25) is 0 Å². The molecule has 10 nitrogen and oxygen atoms in total. The number of benzene rings is 1. The van der Waals surface area contributed by atoms with E-state index >= 15 is 0 Å². The van der Waals surface area contributed by atoms with E-state index in [2.05, 4.69) is 19.8 Å². The zero-order valence-corrected chi connectivity index (χ0v) is 20.2. The first kappa shape index (κ1) is 24.8. The quantitative estimate of drug-likeness (QED) is 0.378. The van der Waals surface area contributed by atoms with Crippen LogP contribution in [0.1, 0.15) is 48.7 Å². The first-order chi connectivity index (χ1) is 15.2. The minimum Gasteiger partial charge on any atom is -0.505 e. The molecular formula is C21H28BN5O5S. The summed E-state index contributed by atoms with van der Waals surface area (Å²) in [6.45, 7) is 7.79. The number of hydrogen-bond donors (Lipinski definition) is 4. The second-order valence-electron chi connectivity index (χ2n) is 9.17. The van der Waals surface area contributed by atoms with Crippen LogP contribution in [0.15, 0.2) is 33.1 Å². The lowest BCUT2D eigenvalue weighted by molar-refractivity contribution is 0.0826. The van der Waals surface area contributed by atoms with Gasteiger partial charge in [0, 0.05) is 14.1 Å². The van der Waals surface area contributed by atoms with Gasteiger partial charge in [-0.05, 0) is 30.5 Å². The average Bonchev–Trinajstić information content (AvgIpc) is 3.22. The summed E-state index contributed by atoms with van der Waals surface area (Å²) in [6, 6.07) is 6.17. The van der Waals surface area contributed by atoms with Gasteiger partial charge in [0.25, 0.3) is 5.91 Å². The molecule has 4 N–H and O–H groups in total. The maximum Gasteiger partial charge on any atom is 0.323 e. The van der Waals surface area contributed by atoms with E-state index in [-0.39, 0.29) is 34.0 Å². The van der Waals surface area contributed by atoms with Crippen molar-refractivity contribution in [1.29, 1.82) is 0 Å². The van der Waals surface area contributed by atoms with Crippen LogP contribution in [0.5, 0.6) is 5.75 Å². The van der Waals surface area contributed by atoms with Gasteiger partial charge >= 0.3 is 10.2 Å². The van der Waals surface area contributed by atoms with Gasteiger partial charge in [-0.15, -0.1) is 4.40 Å². The minimum atomic E-state index is -3.99. The summed E-state index contributed by atoms with van der Waals surface area (Å²) in [4.78, 5) is 13.7. The summed E-state index contributed by atoms with van der Waals surface area (Å²) in [7, 11) is 4.96. The number of rotatable bonds is 5. The number of aryl methyl sites for hydroxylation is 1. The standard InChI is InChI=1S/C21H28BN5O5S/c1-11-7-10-14(32-11)17(21(2,3)4)24-19-18(25-33(30,31)26-19)23-13-9-8-12(22)15(16(13)28)20(29)27(5)6/h7-10,17,19,24,26,28H,1-6H3,(H,23,25)/t17-,19?/m0/s1. The number of carbonyl (C=O) groups is 1. The summed E-state index contributed by atoms with van der Waals surface area (Å²) < 4.78 is 36.5. The van der Waals surface area contributed by atoms with Gasteiger partial charge in [-0.3, -0.25) is 10.1 Å². The van der Waals surface area contributed by atoms with Crippen molar-refractivity contribution < 1.29 is 22.7 Å². The third-order valence-electron chi connectivity index (χ3n) is 5.10. The van der Waals surface area contributed by atoms with Crippen LogP contribution in [-0.2, 0) is 10.2 Å². The molecule has 1 amide bonds. The molecule has 0 saturated heterocycles. The highest BCUT2D eigenvalue weighted by atomic mass is 32.2. The van der Waals surface area contributed by atoms with Gasteiger partial charge in [0.05, 0.1) is 17.3 Å². The van der Waals surface area contributed by atoms with Crippen molar-refractivity contribution >= 4 is 40.9 Å². The number of aromatic hydroxyl groups is 1. The molecule has 1 aliphatic heterocycles. The monoisotopic (exact) mass is 473 g/mol. The van der Waals surface area contributed by atoms with E-state index in [9.17, 15) is 18.3 Å². The predicted octanol–water partition coefficient (Wildman–Crippen LogP) is 1.15. The Labute approximate surface area is 195 Å². The number of carbonyl (C=O) groups excluding carboxylic acids is 1. The maximum atomic E-state index is 12.5. The molecule has 1 unspecified atom stereocenters. The highest BCUT2D eigenvalue weighted by molar-refractivity contribution is 7.88. The van der Waals surface area contributed by atoms with Crippen molar-refractivity contribution in [2.75, 3.05) is 19.4 Å². The number of phenols is 1. The van der Waals surface area contributed by atoms with Crippen molar-refractivity contribution in [2.24, 2.45) is 9.81 Å². The van der Waals surface area contributed by atoms with E-state index in [4.69, 9.17) is 12.3 Å². The Morgan fingerprint density at radius 2 is 1.94 bits per heavy atom. The fraction of sp³-hybridized carbons (Fsp3) is 0.429. The molecule has 3 rings (SSSR count). The van der Waals surface area contributed by atoms with Gasteiger partial charge < -0.3 is 19.7 Å². The topological polar surface area (TPSA) is 136 Å². The van der Waals surface area contributed by atoms with Crippen LogP contribution in [0, 0.1) is 12.3 Å². The first-order valence-electron chi connectivity index (χ1n) is 10.2. The summed E-state index contributed by atoms with van der Waals surface area (Å²) in [5, 5.41) is 16.8. The van der Waals surface area contributed by atoms with Crippen molar-refractivity contribution in [1.82, 2.24) is 14.9 Å². The summed E-state index contributed by atoms with van der Waals surface area (Å²) in [5.74, 6) is 0.456. The molecule has 2 radical (unpaired) electrons. The summed E-state index contributed by atoms with van der Waals surface area (Å²) >= 11 is 0. The molecule has 1 aromatic carbocycles. The second-order valence-corrected chi connectivity index (χ2v) is 10.5. The minimum absolute atomic E-state index is 0.00384. The number of furan rings is 1. The molecule has 2 aromatic rings. The predicted molar refractivity (Wildman–Crippen MR) is 127 cm³/mol. The van der Waals surface area contributed by atoms with Crippen LogP contribution in [-0.4, -0.2) is 58.3 Å². The van der Waals surface area contributed by atoms with Gasteiger partial charge in [0.1, 0.15) is 25.5 Å². The lowest BCUT2D eigenvalue weighted by Gasteiger charge is -2.32. The number of nitrogens with zero attached hydrogens (tertiary/aromatic N) is 2. The molecule has 12 heteroatoms. The normalized spacial score (nSPS) is 18.6. The lowest BCUT2D eigenvalue weighted by Crippen LogP contribution is -2.51. The highest BCUT2D eigenvalue weighted by Gasteiger charge is 2.38. The molecule has 0 fully saturated rings. The molecule has 2 atom stereocenters. The highest BCUT2D eigenvalue weighted by Crippen LogP contribution is 2.35. The van der Waals surface area contributed by atoms with Gasteiger partial charge in [-0.25, -0.2) is 0 Å². The SMILES string of the molecule is [B]c1ccc(NC2=NS(=O)(=O)NC2N[C@@H](c2ccc(C)o2)C(C)(C)C)c(O)c1C(=O)N(C)C. The molecule has 1 aliphatic rings. The fourth-order valence-corrected chi connectivity index (χ4v) is 4.39.